The average molecular weight is 251 g/mol. The number of hydrogen-bond donors (Lipinski definition) is 2. The molecule has 5 heteroatoms. The van der Waals surface area contributed by atoms with E-state index >= 15 is 0 Å². The summed E-state index contributed by atoms with van der Waals surface area (Å²) in [5.74, 6) is 0.0548. The van der Waals surface area contributed by atoms with Crippen molar-refractivity contribution >= 4 is 17.6 Å². The summed E-state index contributed by atoms with van der Waals surface area (Å²) < 4.78 is 0. The highest BCUT2D eigenvalue weighted by Gasteiger charge is 2.14. The lowest BCUT2D eigenvalue weighted by atomic mass is 10.0. The van der Waals surface area contributed by atoms with E-state index < -0.39 is 0 Å². The fourth-order valence-corrected chi connectivity index (χ4v) is 3.24. The summed E-state index contributed by atoms with van der Waals surface area (Å²) in [4.78, 5) is 5.34. The number of thioether (sulfide) groups is 1. The second-order valence-corrected chi connectivity index (χ2v) is 5.62. The summed E-state index contributed by atoms with van der Waals surface area (Å²) in [5.41, 5.74) is 5.97. The van der Waals surface area contributed by atoms with E-state index in [1.807, 2.05) is 17.8 Å². The maximum absolute atomic E-state index is 8.54. The van der Waals surface area contributed by atoms with E-state index in [2.05, 4.69) is 10.1 Å². The molecular formula is C12H17N3OS. The van der Waals surface area contributed by atoms with Crippen molar-refractivity contribution in [2.75, 3.05) is 0 Å². The number of oxime groups is 1. The molecule has 0 unspecified atom stereocenters. The molecule has 1 fully saturated rings. The molecule has 1 aliphatic carbocycles. The Morgan fingerprint density at radius 1 is 1.35 bits per heavy atom. The van der Waals surface area contributed by atoms with Gasteiger partial charge in [-0.05, 0) is 25.0 Å². The van der Waals surface area contributed by atoms with Gasteiger partial charge in [0.25, 0.3) is 0 Å². The minimum Gasteiger partial charge on any atom is -0.409 e. The Morgan fingerprint density at radius 2 is 2.12 bits per heavy atom. The quantitative estimate of drug-likeness (QED) is 0.375. The monoisotopic (exact) mass is 251 g/mol. The van der Waals surface area contributed by atoms with Gasteiger partial charge in [-0.15, -0.1) is 11.8 Å². The van der Waals surface area contributed by atoms with Crippen molar-refractivity contribution < 1.29 is 5.21 Å². The molecular weight excluding hydrogens is 234 g/mol. The molecule has 0 saturated heterocycles. The smallest absolute Gasteiger partial charge is 0.188 e. The van der Waals surface area contributed by atoms with Gasteiger partial charge in [0.15, 0.2) is 5.84 Å². The predicted octanol–water partition coefficient (Wildman–Crippen LogP) is 2.60. The van der Waals surface area contributed by atoms with Crippen LogP contribution in [0, 0.1) is 0 Å². The molecule has 1 saturated carbocycles. The van der Waals surface area contributed by atoms with Crippen LogP contribution in [0.15, 0.2) is 28.4 Å². The fraction of sp³-hybridized carbons (Fsp3) is 0.500. The van der Waals surface area contributed by atoms with Gasteiger partial charge < -0.3 is 10.9 Å². The highest BCUT2D eigenvalue weighted by molar-refractivity contribution is 8.00. The molecule has 0 spiro atoms. The summed E-state index contributed by atoms with van der Waals surface area (Å²) in [6.45, 7) is 0. The number of amidine groups is 1. The van der Waals surface area contributed by atoms with Crippen molar-refractivity contribution in [3.63, 3.8) is 0 Å². The van der Waals surface area contributed by atoms with Crippen molar-refractivity contribution in [2.24, 2.45) is 10.9 Å². The molecule has 1 aromatic rings. The normalized spacial score (nSPS) is 18.2. The molecule has 1 heterocycles. The lowest BCUT2D eigenvalue weighted by Gasteiger charge is -2.20. The summed E-state index contributed by atoms with van der Waals surface area (Å²) in [6.07, 6.45) is 8.45. The second-order valence-electron chi connectivity index (χ2n) is 4.24. The molecule has 0 amide bonds. The second kappa shape index (κ2) is 5.91. The number of nitrogens with zero attached hydrogens (tertiary/aromatic N) is 2. The summed E-state index contributed by atoms with van der Waals surface area (Å²) in [5, 5.41) is 12.2. The first kappa shape index (κ1) is 12.2. The van der Waals surface area contributed by atoms with Gasteiger partial charge in [0.05, 0.1) is 0 Å². The van der Waals surface area contributed by atoms with E-state index in [-0.39, 0.29) is 5.84 Å². The number of pyridine rings is 1. The lowest BCUT2D eigenvalue weighted by Crippen LogP contribution is -2.14. The van der Waals surface area contributed by atoms with E-state index in [9.17, 15) is 0 Å². The molecule has 1 aliphatic rings. The summed E-state index contributed by atoms with van der Waals surface area (Å²) in [6, 6.07) is 3.78. The molecule has 0 atom stereocenters. The molecule has 1 aromatic heterocycles. The fourth-order valence-electron chi connectivity index (χ4n) is 2.03. The average Bonchev–Trinajstić information content (AvgIpc) is 2.40. The van der Waals surface area contributed by atoms with Gasteiger partial charge in [0, 0.05) is 16.3 Å². The van der Waals surface area contributed by atoms with Crippen LogP contribution in [0.1, 0.15) is 37.8 Å². The Kier molecular flexibility index (Phi) is 4.25. The van der Waals surface area contributed by atoms with Gasteiger partial charge in [-0.3, -0.25) is 4.98 Å². The molecule has 0 aliphatic heterocycles. The van der Waals surface area contributed by atoms with Crippen LogP contribution in [0.4, 0.5) is 0 Å². The highest BCUT2D eigenvalue weighted by atomic mass is 32.2. The number of hydrogen-bond acceptors (Lipinski definition) is 4. The van der Waals surface area contributed by atoms with Gasteiger partial charge in [0.1, 0.15) is 5.69 Å². The molecule has 2 rings (SSSR count). The van der Waals surface area contributed by atoms with Crippen LogP contribution in [0.5, 0.6) is 0 Å². The van der Waals surface area contributed by atoms with E-state index in [0.29, 0.717) is 5.69 Å². The lowest BCUT2D eigenvalue weighted by molar-refractivity contribution is 0.318. The number of rotatable bonds is 3. The largest absolute Gasteiger partial charge is 0.409 e. The Labute approximate surface area is 105 Å². The topological polar surface area (TPSA) is 71.5 Å². The highest BCUT2D eigenvalue weighted by Crippen LogP contribution is 2.33. The minimum absolute atomic E-state index is 0.0548. The SMILES string of the molecule is N/C(=N/O)c1ccc(SC2CCCCC2)cn1. The maximum atomic E-state index is 8.54. The van der Waals surface area contributed by atoms with Crippen LogP contribution in [0.2, 0.25) is 0 Å². The molecule has 0 radical (unpaired) electrons. The minimum atomic E-state index is 0.0548. The molecule has 3 N–H and O–H groups in total. The van der Waals surface area contributed by atoms with Crippen molar-refractivity contribution in [1.82, 2.24) is 4.98 Å². The zero-order chi connectivity index (χ0) is 12.1. The Balaban J connectivity index is 1.97. The Bertz CT molecular complexity index is 385. The van der Waals surface area contributed by atoms with Gasteiger partial charge in [-0.1, -0.05) is 24.4 Å². The van der Waals surface area contributed by atoms with Crippen LogP contribution in [-0.4, -0.2) is 21.3 Å². The molecule has 92 valence electrons. The molecule has 4 nitrogen and oxygen atoms in total. The van der Waals surface area contributed by atoms with Crippen LogP contribution in [0.3, 0.4) is 0 Å². The van der Waals surface area contributed by atoms with E-state index in [0.717, 1.165) is 10.1 Å². The van der Waals surface area contributed by atoms with E-state index in [1.54, 1.807) is 12.3 Å². The number of aromatic nitrogens is 1. The first-order chi connectivity index (χ1) is 8.29. The Hall–Kier alpha value is -1.23. The molecule has 0 aromatic carbocycles. The zero-order valence-electron chi connectivity index (χ0n) is 9.67. The maximum Gasteiger partial charge on any atom is 0.188 e. The van der Waals surface area contributed by atoms with Crippen molar-refractivity contribution in [1.29, 1.82) is 0 Å². The van der Waals surface area contributed by atoms with Crippen molar-refractivity contribution in [2.45, 2.75) is 42.2 Å². The van der Waals surface area contributed by atoms with Crippen LogP contribution < -0.4 is 5.73 Å². The van der Waals surface area contributed by atoms with Crippen LogP contribution in [-0.2, 0) is 0 Å². The van der Waals surface area contributed by atoms with Crippen LogP contribution in [0.25, 0.3) is 0 Å². The van der Waals surface area contributed by atoms with Gasteiger partial charge in [-0.25, -0.2) is 0 Å². The van der Waals surface area contributed by atoms with E-state index in [4.69, 9.17) is 10.9 Å². The standard InChI is InChI=1S/C12H17N3OS/c13-12(15-16)11-7-6-10(8-14-11)17-9-4-2-1-3-5-9/h6-9,16H,1-5H2,(H2,13,15). The first-order valence-electron chi connectivity index (χ1n) is 5.90. The molecule has 17 heavy (non-hydrogen) atoms. The van der Waals surface area contributed by atoms with E-state index in [1.165, 1.54) is 32.1 Å². The third kappa shape index (κ3) is 3.36. The van der Waals surface area contributed by atoms with Gasteiger partial charge >= 0.3 is 0 Å². The first-order valence-corrected chi connectivity index (χ1v) is 6.78. The third-order valence-corrected chi connectivity index (χ3v) is 4.28. The summed E-state index contributed by atoms with van der Waals surface area (Å²) in [7, 11) is 0. The van der Waals surface area contributed by atoms with Gasteiger partial charge in [-0.2, -0.15) is 0 Å². The molecule has 0 bridgehead atoms. The zero-order valence-corrected chi connectivity index (χ0v) is 10.5. The van der Waals surface area contributed by atoms with Crippen LogP contribution >= 0.6 is 11.8 Å². The number of nitrogens with two attached hydrogens (primary N) is 1. The van der Waals surface area contributed by atoms with Gasteiger partial charge in [0.2, 0.25) is 0 Å². The Morgan fingerprint density at radius 3 is 2.71 bits per heavy atom. The van der Waals surface area contributed by atoms with Crippen molar-refractivity contribution in [3.05, 3.63) is 24.0 Å². The van der Waals surface area contributed by atoms with Crippen molar-refractivity contribution in [3.8, 4) is 0 Å². The summed E-state index contributed by atoms with van der Waals surface area (Å²) >= 11 is 1.89. The predicted molar refractivity (Wildman–Crippen MR) is 69.5 cm³/mol. The third-order valence-electron chi connectivity index (χ3n) is 2.96.